The minimum atomic E-state index is -1.55. The summed E-state index contributed by atoms with van der Waals surface area (Å²) in [7, 11) is 1.53. The minimum absolute atomic E-state index is 0.00927. The Hall–Kier alpha value is -1.15. The van der Waals surface area contributed by atoms with Crippen LogP contribution < -0.4 is 5.11 Å². The number of amides is 2. The molecule has 2 saturated heterocycles. The van der Waals surface area contributed by atoms with Gasteiger partial charge in [0.05, 0.1) is 30.5 Å². The number of alkyl halides is 1. The molecule has 2 heterocycles. The molecule has 3 aliphatic rings. The number of halogens is 1. The van der Waals surface area contributed by atoms with Crippen molar-refractivity contribution in [2.45, 2.75) is 69.5 Å². The van der Waals surface area contributed by atoms with Crippen molar-refractivity contribution in [1.82, 2.24) is 4.90 Å². The summed E-state index contributed by atoms with van der Waals surface area (Å²) in [6.45, 7) is 6.68. The monoisotopic (exact) mass is 400 g/mol. The lowest BCUT2D eigenvalue weighted by Gasteiger charge is -2.47. The number of epoxide rings is 2. The number of allylic oxidation sites excluding steroid dienone is 1. The van der Waals surface area contributed by atoms with Gasteiger partial charge >= 0.3 is 0 Å². The lowest BCUT2D eigenvalue weighted by molar-refractivity contribution is -0.269. The van der Waals surface area contributed by atoms with E-state index in [2.05, 4.69) is 6.08 Å². The summed E-state index contributed by atoms with van der Waals surface area (Å²) in [4.78, 5) is 24.5. The van der Waals surface area contributed by atoms with E-state index in [-0.39, 0.29) is 17.6 Å². The first-order valence-corrected chi connectivity index (χ1v) is 9.80. The molecule has 0 N–H and O–H groups in total. The second-order valence-electron chi connectivity index (χ2n) is 8.11. The molecule has 7 nitrogen and oxygen atoms in total. The standard InChI is InChI=1S/C19H28ClNO6/c1-11(2)5-6-13-18(3,27-13)16-15(25-4)12(7-8-19(16)10-26-19)21(17(23)24)14(22)9-20/h5,12-13,15-16H,6-10H2,1-4H3,(H,23,24)/p-1/t12-,13-,15-,16-,18+,19+/m1/s1. The summed E-state index contributed by atoms with van der Waals surface area (Å²) in [5, 5.41) is 11.7. The van der Waals surface area contributed by atoms with E-state index in [1.54, 1.807) is 0 Å². The Balaban J connectivity index is 1.88. The number of ether oxygens (including phenoxy) is 3. The van der Waals surface area contributed by atoms with Gasteiger partial charge in [0, 0.05) is 13.0 Å². The summed E-state index contributed by atoms with van der Waals surface area (Å²) >= 11 is 5.62. The fraction of sp³-hybridized carbons (Fsp3) is 0.789. The third kappa shape index (κ3) is 3.62. The average molecular weight is 401 g/mol. The molecule has 1 saturated carbocycles. The number of carboxylic acid groups (broad SMARTS) is 1. The van der Waals surface area contributed by atoms with Gasteiger partial charge in [-0.3, -0.25) is 9.69 Å². The van der Waals surface area contributed by atoms with E-state index >= 15 is 0 Å². The topological polar surface area (TPSA) is 94.7 Å². The number of carbonyl (C=O) groups is 2. The fourth-order valence-electron chi connectivity index (χ4n) is 4.73. The first kappa shape index (κ1) is 20.6. The Bertz CT molecular complexity index is 644. The second kappa shape index (κ2) is 7.35. The van der Waals surface area contributed by atoms with Crippen molar-refractivity contribution in [1.29, 1.82) is 0 Å². The quantitative estimate of drug-likeness (QED) is 0.380. The van der Waals surface area contributed by atoms with E-state index in [1.165, 1.54) is 12.7 Å². The van der Waals surface area contributed by atoms with E-state index < -0.39 is 35.6 Å². The van der Waals surface area contributed by atoms with Gasteiger partial charge in [0.15, 0.2) is 0 Å². The van der Waals surface area contributed by atoms with E-state index in [1.807, 2.05) is 20.8 Å². The van der Waals surface area contributed by atoms with E-state index in [4.69, 9.17) is 25.8 Å². The molecular weight excluding hydrogens is 374 g/mol. The fourth-order valence-corrected chi connectivity index (χ4v) is 4.85. The van der Waals surface area contributed by atoms with Crippen LogP contribution in [0.3, 0.4) is 0 Å². The zero-order valence-corrected chi connectivity index (χ0v) is 17.0. The van der Waals surface area contributed by atoms with Gasteiger partial charge in [0.25, 0.3) is 0 Å². The van der Waals surface area contributed by atoms with Crippen LogP contribution >= 0.6 is 11.6 Å². The first-order chi connectivity index (χ1) is 12.7. The van der Waals surface area contributed by atoms with Gasteiger partial charge in [-0.15, -0.1) is 11.6 Å². The molecule has 2 amide bonds. The molecule has 1 aliphatic carbocycles. The van der Waals surface area contributed by atoms with Crippen LogP contribution in [0.25, 0.3) is 0 Å². The van der Waals surface area contributed by atoms with Crippen LogP contribution in [-0.2, 0) is 19.0 Å². The van der Waals surface area contributed by atoms with Crippen LogP contribution in [0.2, 0.25) is 0 Å². The molecule has 0 aromatic carbocycles. The van der Waals surface area contributed by atoms with Crippen molar-refractivity contribution >= 4 is 23.6 Å². The molecule has 8 heteroatoms. The first-order valence-electron chi connectivity index (χ1n) is 9.27. The van der Waals surface area contributed by atoms with Gasteiger partial charge < -0.3 is 24.1 Å². The highest BCUT2D eigenvalue weighted by atomic mass is 35.5. The molecule has 27 heavy (non-hydrogen) atoms. The van der Waals surface area contributed by atoms with Crippen molar-refractivity contribution in [3.8, 4) is 0 Å². The summed E-state index contributed by atoms with van der Waals surface area (Å²) < 4.78 is 17.7. The second-order valence-corrected chi connectivity index (χ2v) is 8.38. The molecule has 152 valence electrons. The predicted molar refractivity (Wildman–Crippen MR) is 96.3 cm³/mol. The maximum Gasteiger partial charge on any atom is 0.243 e. The van der Waals surface area contributed by atoms with Crippen molar-refractivity contribution in [3.05, 3.63) is 11.6 Å². The molecule has 0 aromatic heterocycles. The molecule has 0 unspecified atom stereocenters. The maximum atomic E-state index is 12.2. The van der Waals surface area contributed by atoms with Gasteiger partial charge in [-0.25, -0.2) is 0 Å². The Morgan fingerprint density at radius 2 is 2.07 bits per heavy atom. The summed E-state index contributed by atoms with van der Waals surface area (Å²) in [5.74, 6) is -1.31. The van der Waals surface area contributed by atoms with E-state index in [9.17, 15) is 14.7 Å². The normalized spacial score (nSPS) is 39.7. The summed E-state index contributed by atoms with van der Waals surface area (Å²) in [6, 6.07) is -0.670. The summed E-state index contributed by atoms with van der Waals surface area (Å²) in [6.07, 6.45) is 1.89. The zero-order valence-electron chi connectivity index (χ0n) is 16.2. The molecule has 6 atom stereocenters. The molecule has 0 aromatic rings. The van der Waals surface area contributed by atoms with Crippen molar-refractivity contribution in [2.75, 3.05) is 19.6 Å². The van der Waals surface area contributed by atoms with Crippen LogP contribution in [0.4, 0.5) is 4.79 Å². The molecule has 0 bridgehead atoms. The third-order valence-corrected chi connectivity index (χ3v) is 6.40. The largest absolute Gasteiger partial charge is 0.530 e. The maximum absolute atomic E-state index is 12.2. The van der Waals surface area contributed by atoms with Crippen molar-refractivity contribution < 1.29 is 28.9 Å². The number of methoxy groups -OCH3 is 1. The minimum Gasteiger partial charge on any atom is -0.530 e. The highest BCUT2D eigenvalue weighted by molar-refractivity contribution is 6.28. The predicted octanol–water partition coefficient (Wildman–Crippen LogP) is 1.47. The lowest BCUT2D eigenvalue weighted by Crippen LogP contribution is -2.63. The van der Waals surface area contributed by atoms with Crippen molar-refractivity contribution in [2.24, 2.45) is 5.92 Å². The highest BCUT2D eigenvalue weighted by Gasteiger charge is 2.72. The van der Waals surface area contributed by atoms with Crippen LogP contribution in [-0.4, -0.2) is 65.9 Å². The van der Waals surface area contributed by atoms with Gasteiger partial charge in [0.1, 0.15) is 17.6 Å². The molecule has 2 aliphatic heterocycles. The number of hydrogen-bond donors (Lipinski definition) is 0. The Morgan fingerprint density at radius 1 is 1.41 bits per heavy atom. The highest BCUT2D eigenvalue weighted by Crippen LogP contribution is 2.59. The average Bonchev–Trinajstić information content (AvgIpc) is 3.52. The van der Waals surface area contributed by atoms with Gasteiger partial charge in [0.2, 0.25) is 5.91 Å². The van der Waals surface area contributed by atoms with E-state index in [0.29, 0.717) is 19.4 Å². The van der Waals surface area contributed by atoms with Crippen molar-refractivity contribution in [3.63, 3.8) is 0 Å². The third-order valence-electron chi connectivity index (χ3n) is 6.17. The zero-order chi connectivity index (χ0) is 20.0. The van der Waals surface area contributed by atoms with Gasteiger partial charge in [-0.05, 0) is 40.0 Å². The van der Waals surface area contributed by atoms with Gasteiger partial charge in [-0.1, -0.05) is 11.6 Å². The number of carbonyl (C=O) groups excluding carboxylic acids is 2. The molecule has 1 spiro atoms. The van der Waals surface area contributed by atoms with E-state index in [0.717, 1.165) is 11.3 Å². The number of hydrogen-bond acceptors (Lipinski definition) is 6. The number of nitrogens with zero attached hydrogens (tertiary/aromatic N) is 1. The Kier molecular flexibility index (Phi) is 5.60. The summed E-state index contributed by atoms with van der Waals surface area (Å²) in [5.41, 5.74) is 0.335. The van der Waals surface area contributed by atoms with Crippen LogP contribution in [0, 0.1) is 5.92 Å². The van der Waals surface area contributed by atoms with Crippen LogP contribution in [0.5, 0.6) is 0 Å². The lowest BCUT2D eigenvalue weighted by atomic mass is 9.67. The molecule has 0 radical (unpaired) electrons. The Labute approximate surface area is 164 Å². The molecule has 3 fully saturated rings. The SMILES string of the molecule is CO[C@@H]1[C@H](N(C(=O)[O-])C(=O)CCl)CC[C@]2(CO2)[C@H]1[C@@]1(C)O[C@@H]1CC=C(C)C. The van der Waals surface area contributed by atoms with Crippen LogP contribution in [0.1, 0.15) is 40.0 Å². The Morgan fingerprint density at radius 3 is 2.56 bits per heavy atom. The number of imide groups is 1. The smallest absolute Gasteiger partial charge is 0.243 e. The molecule has 3 rings (SSSR count). The van der Waals surface area contributed by atoms with Crippen LogP contribution in [0.15, 0.2) is 11.6 Å². The molecular formula is C19H27ClNO6-. The number of rotatable bonds is 6. The van der Waals surface area contributed by atoms with Gasteiger partial charge in [-0.2, -0.15) is 0 Å².